The Morgan fingerprint density at radius 1 is 1.19 bits per heavy atom. The second kappa shape index (κ2) is 8.93. The zero-order valence-electron chi connectivity index (χ0n) is 13.8. The Bertz CT molecular complexity index is 942. The van der Waals surface area contributed by atoms with Gasteiger partial charge in [-0.2, -0.15) is 0 Å². The minimum atomic E-state index is -0.583. The van der Waals surface area contributed by atoms with E-state index in [9.17, 15) is 14.0 Å². The molecule has 27 heavy (non-hydrogen) atoms. The number of hydrogen-bond donors (Lipinski definition) is 3. The van der Waals surface area contributed by atoms with Crippen LogP contribution in [0.25, 0.3) is 0 Å². The van der Waals surface area contributed by atoms with Gasteiger partial charge in [-0.3, -0.25) is 9.59 Å². The number of rotatable bonds is 8. The van der Waals surface area contributed by atoms with Crippen LogP contribution in [0, 0.1) is 5.82 Å². The third-order valence-electron chi connectivity index (χ3n) is 3.27. The molecule has 4 N–H and O–H groups in total. The van der Waals surface area contributed by atoms with Crippen LogP contribution in [-0.4, -0.2) is 27.8 Å². The highest BCUT2D eigenvalue weighted by Gasteiger charge is 2.13. The van der Waals surface area contributed by atoms with Gasteiger partial charge in [0.05, 0.1) is 11.3 Å². The van der Waals surface area contributed by atoms with Crippen LogP contribution in [0.2, 0.25) is 0 Å². The molecule has 1 aromatic carbocycles. The van der Waals surface area contributed by atoms with E-state index in [1.54, 1.807) is 23.6 Å². The van der Waals surface area contributed by atoms with Crippen LogP contribution < -0.4 is 16.4 Å². The predicted molar refractivity (Wildman–Crippen MR) is 106 cm³/mol. The molecule has 0 saturated carbocycles. The summed E-state index contributed by atoms with van der Waals surface area (Å²) in [5.41, 5.74) is 6.46. The number of carbonyl (C=O) groups is 2. The summed E-state index contributed by atoms with van der Waals surface area (Å²) in [5, 5.41) is 16.5. The van der Waals surface area contributed by atoms with Gasteiger partial charge >= 0.3 is 0 Å². The number of carbonyl (C=O) groups excluding carboxylic acids is 2. The van der Waals surface area contributed by atoms with E-state index >= 15 is 0 Å². The van der Waals surface area contributed by atoms with E-state index in [0.717, 1.165) is 5.56 Å². The third kappa shape index (κ3) is 5.49. The van der Waals surface area contributed by atoms with E-state index in [4.69, 9.17) is 5.73 Å². The highest BCUT2D eigenvalue weighted by atomic mass is 32.2. The lowest BCUT2D eigenvalue weighted by Gasteiger charge is -2.03. The Morgan fingerprint density at radius 2 is 1.96 bits per heavy atom. The maximum Gasteiger partial charge on any atom is 0.251 e. The molecule has 0 aliphatic heterocycles. The molecule has 7 nitrogen and oxygen atoms in total. The van der Waals surface area contributed by atoms with E-state index in [0.29, 0.717) is 26.6 Å². The van der Waals surface area contributed by atoms with Gasteiger partial charge in [0.2, 0.25) is 11.0 Å². The summed E-state index contributed by atoms with van der Waals surface area (Å²) < 4.78 is 13.5. The van der Waals surface area contributed by atoms with Gasteiger partial charge in [-0.05, 0) is 29.1 Å². The monoisotopic (exact) mass is 423 g/mol. The maximum absolute atomic E-state index is 12.9. The van der Waals surface area contributed by atoms with Gasteiger partial charge in [-0.15, -0.1) is 21.5 Å². The van der Waals surface area contributed by atoms with Crippen molar-refractivity contribution >= 4 is 56.4 Å². The molecule has 0 fully saturated rings. The zero-order chi connectivity index (χ0) is 19.2. The molecule has 0 unspecified atom stereocenters. The fourth-order valence-corrected chi connectivity index (χ4v) is 4.37. The smallest absolute Gasteiger partial charge is 0.251 e. The summed E-state index contributed by atoms with van der Waals surface area (Å²) in [6, 6.07) is 7.74. The Hall–Kier alpha value is -2.50. The van der Waals surface area contributed by atoms with Crippen LogP contribution in [-0.2, 0) is 11.3 Å². The lowest BCUT2D eigenvalue weighted by atomic mass is 10.2. The number of nitrogens with two attached hydrogens (primary N) is 1. The highest BCUT2D eigenvalue weighted by Crippen LogP contribution is 2.27. The first-order valence-electron chi connectivity index (χ1n) is 7.63. The number of nitrogens with zero attached hydrogens (tertiary/aromatic N) is 2. The number of benzene rings is 1. The summed E-state index contributed by atoms with van der Waals surface area (Å²) >= 11 is 3.79. The van der Waals surface area contributed by atoms with Crippen LogP contribution in [0.5, 0.6) is 0 Å². The van der Waals surface area contributed by atoms with Crippen molar-refractivity contribution in [3.05, 3.63) is 52.7 Å². The summed E-state index contributed by atoms with van der Waals surface area (Å²) in [5.74, 6) is -0.999. The quantitative estimate of drug-likeness (QED) is 0.480. The first-order valence-corrected chi connectivity index (χ1v) is 10.3. The number of halogens is 1. The molecule has 0 saturated heterocycles. The fraction of sp³-hybridized carbons (Fsp3) is 0.125. The van der Waals surface area contributed by atoms with Crippen LogP contribution in [0.15, 0.2) is 40.1 Å². The Kier molecular flexibility index (Phi) is 6.37. The lowest BCUT2D eigenvalue weighted by Crippen LogP contribution is -2.17. The number of thiophene rings is 1. The van der Waals surface area contributed by atoms with Crippen molar-refractivity contribution in [3.63, 3.8) is 0 Å². The Balaban J connectivity index is 1.47. The summed E-state index contributed by atoms with van der Waals surface area (Å²) in [6.45, 7) is 0.494. The van der Waals surface area contributed by atoms with E-state index < -0.39 is 5.91 Å². The molecule has 0 aliphatic rings. The number of aromatic nitrogens is 2. The van der Waals surface area contributed by atoms with Gasteiger partial charge < -0.3 is 16.4 Å². The first-order chi connectivity index (χ1) is 13.0. The molecule has 0 spiro atoms. The molecule has 11 heteroatoms. The normalized spacial score (nSPS) is 10.6. The van der Waals surface area contributed by atoms with E-state index in [2.05, 4.69) is 20.8 Å². The lowest BCUT2D eigenvalue weighted by molar-refractivity contribution is -0.113. The van der Waals surface area contributed by atoms with Crippen molar-refractivity contribution in [2.75, 3.05) is 16.4 Å². The second-order valence-corrected chi connectivity index (χ2v) is 8.33. The van der Waals surface area contributed by atoms with E-state index in [1.165, 1.54) is 46.6 Å². The number of nitrogens with one attached hydrogen (secondary N) is 2. The van der Waals surface area contributed by atoms with Crippen molar-refractivity contribution in [2.45, 2.75) is 10.9 Å². The average molecular weight is 424 g/mol. The molecule has 140 valence electrons. The van der Waals surface area contributed by atoms with Gasteiger partial charge in [0.15, 0.2) is 4.34 Å². The SMILES string of the molecule is NC(=O)c1ccsc1NC(=O)CSc1nnc(NCc2ccc(F)cc2)s1. The first kappa shape index (κ1) is 19.3. The summed E-state index contributed by atoms with van der Waals surface area (Å²) in [4.78, 5) is 23.3. The van der Waals surface area contributed by atoms with Crippen molar-refractivity contribution in [2.24, 2.45) is 5.73 Å². The molecule has 3 aromatic rings. The van der Waals surface area contributed by atoms with Gasteiger partial charge in [0, 0.05) is 6.54 Å². The topological polar surface area (TPSA) is 110 Å². The van der Waals surface area contributed by atoms with Crippen molar-refractivity contribution < 1.29 is 14.0 Å². The molecule has 0 aliphatic carbocycles. The summed E-state index contributed by atoms with van der Waals surface area (Å²) in [7, 11) is 0. The highest BCUT2D eigenvalue weighted by molar-refractivity contribution is 8.01. The van der Waals surface area contributed by atoms with E-state index in [-0.39, 0.29) is 17.5 Å². The minimum Gasteiger partial charge on any atom is -0.366 e. The van der Waals surface area contributed by atoms with Gasteiger partial charge in [-0.25, -0.2) is 4.39 Å². The standard InChI is InChI=1S/C16H14FN5O2S3/c17-10-3-1-9(2-4-10)7-19-15-21-22-16(27-15)26-8-12(23)20-14-11(13(18)24)5-6-25-14/h1-6H,7-8H2,(H2,18,24)(H,19,21)(H,20,23). The Morgan fingerprint density at radius 3 is 2.70 bits per heavy atom. The molecule has 0 bridgehead atoms. The largest absolute Gasteiger partial charge is 0.366 e. The molecule has 2 heterocycles. The van der Waals surface area contributed by atoms with Crippen molar-refractivity contribution in [1.82, 2.24) is 10.2 Å². The molecular formula is C16H14FN5O2S3. The third-order valence-corrected chi connectivity index (χ3v) is 6.12. The second-order valence-electron chi connectivity index (χ2n) is 5.22. The minimum absolute atomic E-state index is 0.128. The molecule has 0 atom stereocenters. The summed E-state index contributed by atoms with van der Waals surface area (Å²) in [6.07, 6.45) is 0. The predicted octanol–water partition coefficient (Wildman–Crippen LogP) is 3.18. The van der Waals surface area contributed by atoms with Crippen LogP contribution in [0.4, 0.5) is 14.5 Å². The number of primary amides is 1. The van der Waals surface area contributed by atoms with Crippen LogP contribution in [0.3, 0.4) is 0 Å². The van der Waals surface area contributed by atoms with E-state index in [1.807, 2.05) is 0 Å². The van der Waals surface area contributed by atoms with Gasteiger partial charge in [0.25, 0.3) is 5.91 Å². The zero-order valence-corrected chi connectivity index (χ0v) is 16.2. The fourth-order valence-electron chi connectivity index (χ4n) is 2.01. The Labute approximate surface area is 166 Å². The van der Waals surface area contributed by atoms with Gasteiger partial charge in [-0.1, -0.05) is 35.2 Å². The average Bonchev–Trinajstić information content (AvgIpc) is 3.29. The number of amides is 2. The van der Waals surface area contributed by atoms with Crippen molar-refractivity contribution in [1.29, 1.82) is 0 Å². The number of anilines is 2. The molecule has 0 radical (unpaired) electrons. The van der Waals surface area contributed by atoms with Crippen LogP contribution in [0.1, 0.15) is 15.9 Å². The number of thioether (sulfide) groups is 1. The molecular weight excluding hydrogens is 409 g/mol. The van der Waals surface area contributed by atoms with Crippen molar-refractivity contribution in [3.8, 4) is 0 Å². The van der Waals surface area contributed by atoms with Gasteiger partial charge in [0.1, 0.15) is 10.8 Å². The molecule has 2 aromatic heterocycles. The molecule has 3 rings (SSSR count). The maximum atomic E-state index is 12.9. The van der Waals surface area contributed by atoms with Crippen LogP contribution >= 0.6 is 34.4 Å². The number of hydrogen-bond acceptors (Lipinski definition) is 8. The molecule has 2 amide bonds.